The van der Waals surface area contributed by atoms with Gasteiger partial charge < -0.3 is 0 Å². The summed E-state index contributed by atoms with van der Waals surface area (Å²) < 4.78 is 4.62. The van der Waals surface area contributed by atoms with Crippen molar-refractivity contribution in [1.29, 1.82) is 0 Å². The van der Waals surface area contributed by atoms with E-state index in [9.17, 15) is 0 Å². The first-order valence-corrected chi connectivity index (χ1v) is 22.2. The molecule has 306 valence electrons. The molecule has 0 atom stereocenters. The quantitative estimate of drug-likeness (QED) is 0.160. The molecule has 0 spiro atoms. The van der Waals surface area contributed by atoms with E-state index in [1.165, 1.54) is 21.5 Å². The van der Waals surface area contributed by atoms with E-state index in [1.54, 1.807) is 0 Å². The van der Waals surface area contributed by atoms with Gasteiger partial charge in [0.25, 0.3) is 0 Å². The number of hydrogen-bond acceptors (Lipinski definition) is 5. The Hall–Kier alpha value is -9.07. The van der Waals surface area contributed by atoms with E-state index in [1.807, 2.05) is 60.7 Å². The molecule has 0 saturated carbocycles. The number of nitrogens with zero attached hydrogens (tertiary/aromatic N) is 7. The summed E-state index contributed by atoms with van der Waals surface area (Å²) in [5.41, 5.74) is 15.7. The summed E-state index contributed by atoms with van der Waals surface area (Å²) in [6.45, 7) is 0. The molecule has 0 amide bonds. The number of aromatic nitrogens is 7. The van der Waals surface area contributed by atoms with Crippen LogP contribution < -0.4 is 0 Å². The van der Waals surface area contributed by atoms with E-state index in [4.69, 9.17) is 24.9 Å². The molecule has 7 heteroatoms. The molecular weight excluding hydrogens is 807 g/mol. The van der Waals surface area contributed by atoms with Gasteiger partial charge in [0.2, 0.25) is 0 Å². The van der Waals surface area contributed by atoms with Crippen LogP contribution in [0.4, 0.5) is 0 Å². The van der Waals surface area contributed by atoms with E-state index in [0.717, 1.165) is 94.8 Å². The molecule has 0 radical (unpaired) electrons. The maximum absolute atomic E-state index is 5.17. The van der Waals surface area contributed by atoms with E-state index in [2.05, 4.69) is 160 Å². The first kappa shape index (κ1) is 36.4. The highest BCUT2D eigenvalue weighted by Gasteiger charge is 2.21. The van der Waals surface area contributed by atoms with Crippen molar-refractivity contribution in [1.82, 2.24) is 33.7 Å². The normalized spacial score (nSPS) is 11.9. The van der Waals surface area contributed by atoms with Gasteiger partial charge in [-0.1, -0.05) is 170 Å². The topological polar surface area (TPSA) is 73.3 Å². The first-order valence-electron chi connectivity index (χ1n) is 22.2. The lowest BCUT2D eigenvalue weighted by atomic mass is 9.94. The third kappa shape index (κ3) is 5.60. The molecule has 0 unspecified atom stereocenters. The maximum atomic E-state index is 5.17. The largest absolute Gasteiger partial charge is 0.291 e. The van der Waals surface area contributed by atoms with Crippen molar-refractivity contribution in [2.45, 2.75) is 0 Å². The predicted molar refractivity (Wildman–Crippen MR) is 268 cm³/mol. The van der Waals surface area contributed by atoms with Gasteiger partial charge >= 0.3 is 0 Å². The first-order chi connectivity index (χ1) is 32.7. The van der Waals surface area contributed by atoms with Crippen LogP contribution in [-0.4, -0.2) is 33.7 Å². The number of benzene rings is 9. The Morgan fingerprint density at radius 1 is 0.242 bits per heavy atom. The highest BCUT2D eigenvalue weighted by atomic mass is 15.1. The molecule has 5 heterocycles. The van der Waals surface area contributed by atoms with Gasteiger partial charge in [0.05, 0.1) is 33.1 Å². The SMILES string of the molecule is c1ccc(-c2nc(-c3ccccc3)nc(-c3cc(-c4ccc(-c5nc6cccc7c8ccccc8n5c67)cc4)cc(-c4ccc(-c5nc6cccc7c8ccccc8n5c67)cc4)c3)n2)cc1. The Morgan fingerprint density at radius 2 is 0.606 bits per heavy atom. The van der Waals surface area contributed by atoms with Gasteiger partial charge in [-0.15, -0.1) is 0 Å². The Kier molecular flexibility index (Phi) is 7.85. The van der Waals surface area contributed by atoms with Crippen molar-refractivity contribution in [3.63, 3.8) is 0 Å². The minimum Gasteiger partial charge on any atom is -0.291 e. The second-order valence-electron chi connectivity index (χ2n) is 16.9. The molecule has 66 heavy (non-hydrogen) atoms. The lowest BCUT2D eigenvalue weighted by Gasteiger charge is -2.13. The lowest BCUT2D eigenvalue weighted by Crippen LogP contribution is -2.00. The third-order valence-corrected chi connectivity index (χ3v) is 13.1. The zero-order valence-electron chi connectivity index (χ0n) is 35.3. The van der Waals surface area contributed by atoms with Gasteiger partial charge in [-0.25, -0.2) is 24.9 Å². The minimum atomic E-state index is 0.599. The van der Waals surface area contributed by atoms with Crippen molar-refractivity contribution in [2.75, 3.05) is 0 Å². The average Bonchev–Trinajstić information content (AvgIpc) is 4.16. The number of imidazole rings is 2. The fourth-order valence-electron chi connectivity index (χ4n) is 9.99. The fourth-order valence-corrected chi connectivity index (χ4v) is 9.99. The van der Waals surface area contributed by atoms with Crippen LogP contribution in [0.15, 0.2) is 212 Å². The molecule has 7 nitrogen and oxygen atoms in total. The molecule has 9 aromatic carbocycles. The number of para-hydroxylation sites is 4. The summed E-state index contributed by atoms with van der Waals surface area (Å²) in [5.74, 6) is 3.70. The highest BCUT2D eigenvalue weighted by Crippen LogP contribution is 2.40. The van der Waals surface area contributed by atoms with Gasteiger partial charge in [0.1, 0.15) is 11.6 Å². The molecule has 14 rings (SSSR count). The number of hydrogen-bond donors (Lipinski definition) is 0. The molecule has 0 aliphatic rings. The predicted octanol–water partition coefficient (Wildman–Crippen LogP) is 14.3. The van der Waals surface area contributed by atoms with Crippen LogP contribution >= 0.6 is 0 Å². The monoisotopic (exact) mass is 841 g/mol. The van der Waals surface area contributed by atoms with E-state index in [-0.39, 0.29) is 0 Å². The maximum Gasteiger partial charge on any atom is 0.164 e. The molecule has 14 aromatic rings. The smallest absolute Gasteiger partial charge is 0.164 e. The van der Waals surface area contributed by atoms with Crippen LogP contribution in [0.1, 0.15) is 0 Å². The summed E-state index contributed by atoms with van der Waals surface area (Å²) in [5, 5.41) is 4.90. The van der Waals surface area contributed by atoms with E-state index >= 15 is 0 Å². The van der Waals surface area contributed by atoms with Gasteiger partial charge in [0.15, 0.2) is 17.5 Å². The zero-order valence-corrected chi connectivity index (χ0v) is 35.3. The molecule has 5 aromatic heterocycles. The fraction of sp³-hybridized carbons (Fsp3) is 0. The summed E-state index contributed by atoms with van der Waals surface area (Å²) in [4.78, 5) is 25.7. The Balaban J connectivity index is 0.923. The number of fused-ring (bicyclic) bond motifs is 6. The van der Waals surface area contributed by atoms with Crippen LogP contribution in [0.3, 0.4) is 0 Å². The average molecular weight is 842 g/mol. The molecular formula is C59H35N7. The Bertz CT molecular complexity index is 3870. The van der Waals surface area contributed by atoms with Crippen molar-refractivity contribution in [2.24, 2.45) is 0 Å². The molecule has 0 N–H and O–H groups in total. The Morgan fingerprint density at radius 3 is 1.06 bits per heavy atom. The van der Waals surface area contributed by atoms with Crippen molar-refractivity contribution in [3.05, 3.63) is 212 Å². The molecule has 0 saturated heterocycles. The molecule has 0 fully saturated rings. The van der Waals surface area contributed by atoms with Crippen molar-refractivity contribution in [3.8, 4) is 79.2 Å². The van der Waals surface area contributed by atoms with E-state index < -0.39 is 0 Å². The Labute approximate surface area is 378 Å². The highest BCUT2D eigenvalue weighted by molar-refractivity contribution is 6.15. The van der Waals surface area contributed by atoms with Crippen molar-refractivity contribution < 1.29 is 0 Å². The van der Waals surface area contributed by atoms with Gasteiger partial charge in [-0.05, 0) is 64.7 Å². The molecule has 0 bridgehead atoms. The molecule has 0 aliphatic heterocycles. The van der Waals surface area contributed by atoms with E-state index in [0.29, 0.717) is 17.5 Å². The van der Waals surface area contributed by atoms with Crippen LogP contribution in [0, 0.1) is 0 Å². The van der Waals surface area contributed by atoms with Crippen LogP contribution in [0.5, 0.6) is 0 Å². The molecule has 0 aliphatic carbocycles. The summed E-state index contributed by atoms with van der Waals surface area (Å²) in [6.07, 6.45) is 0. The van der Waals surface area contributed by atoms with Crippen LogP contribution in [-0.2, 0) is 0 Å². The third-order valence-electron chi connectivity index (χ3n) is 13.1. The van der Waals surface area contributed by atoms with Gasteiger partial charge in [0, 0.05) is 49.4 Å². The van der Waals surface area contributed by atoms with Crippen molar-refractivity contribution >= 4 is 54.6 Å². The number of rotatable bonds is 7. The summed E-state index contributed by atoms with van der Waals surface area (Å²) in [7, 11) is 0. The van der Waals surface area contributed by atoms with Gasteiger partial charge in [-0.2, -0.15) is 0 Å². The summed E-state index contributed by atoms with van der Waals surface area (Å²) in [6, 6.07) is 74.4. The lowest BCUT2D eigenvalue weighted by molar-refractivity contribution is 1.07. The second kappa shape index (κ2) is 14.2. The van der Waals surface area contributed by atoms with Crippen LogP contribution in [0.2, 0.25) is 0 Å². The second-order valence-corrected chi connectivity index (χ2v) is 16.9. The zero-order chi connectivity index (χ0) is 43.3. The summed E-state index contributed by atoms with van der Waals surface area (Å²) >= 11 is 0. The standard InChI is InChI=1S/C59H35N7/c1-3-13-38(14-4-1)55-62-56(39-15-5-2-6-16-39)64-57(63-55)44-34-42(36-25-29-40(30-26-36)58-60-49-21-11-19-47-45-17-7-9-23-51(45)65(58)53(47)49)33-43(35-44)37-27-31-41(32-28-37)59-61-50-22-12-20-48-46-18-8-10-24-52(46)66(59)54(48)50/h1-35H. The van der Waals surface area contributed by atoms with Gasteiger partial charge in [-0.3, -0.25) is 8.80 Å². The minimum absolute atomic E-state index is 0.599. The van der Waals surface area contributed by atoms with Crippen LogP contribution in [0.25, 0.3) is 134 Å².